The molecule has 9 heteroatoms. The lowest BCUT2D eigenvalue weighted by Crippen LogP contribution is -2.31. The Hall–Kier alpha value is -2.78. The van der Waals surface area contributed by atoms with Crippen molar-refractivity contribution in [1.82, 2.24) is 0 Å². The number of hydrogen-bond donors (Lipinski definition) is 4. The summed E-state index contributed by atoms with van der Waals surface area (Å²) in [4.78, 5) is 24.5. The first-order chi connectivity index (χ1) is 15.2. The Labute approximate surface area is 188 Å². The van der Waals surface area contributed by atoms with Crippen molar-refractivity contribution in [3.63, 3.8) is 0 Å². The molecule has 0 aliphatic carbocycles. The van der Waals surface area contributed by atoms with Crippen molar-refractivity contribution < 1.29 is 39.5 Å². The summed E-state index contributed by atoms with van der Waals surface area (Å²) in [5.41, 5.74) is 1.71. The topological polar surface area (TPSA) is 137 Å². The van der Waals surface area contributed by atoms with Crippen LogP contribution < -0.4 is 4.90 Å². The summed E-state index contributed by atoms with van der Waals surface area (Å²) in [5.74, 6) is -2.51. The predicted octanol–water partition coefficient (Wildman–Crippen LogP) is 2.72. The van der Waals surface area contributed by atoms with Crippen LogP contribution in [0.5, 0.6) is 0 Å². The molecule has 1 aromatic carbocycles. The molecule has 1 aliphatic heterocycles. The molecule has 1 unspecified atom stereocenters. The fourth-order valence-corrected chi connectivity index (χ4v) is 2.89. The van der Waals surface area contributed by atoms with E-state index < -0.39 is 36.3 Å². The number of cyclic esters (lactones) is 1. The molecule has 1 aliphatic rings. The number of hydrogen-bond acceptors (Lipinski definition) is 9. The highest BCUT2D eigenvalue weighted by molar-refractivity contribution is 5.90. The number of anilines is 1. The minimum absolute atomic E-state index is 0.217. The molecule has 0 radical (unpaired) electrons. The lowest BCUT2D eigenvalue weighted by molar-refractivity contribution is -0.147. The molecule has 4 N–H and O–H groups in total. The van der Waals surface area contributed by atoms with E-state index in [9.17, 15) is 9.59 Å². The van der Waals surface area contributed by atoms with Gasteiger partial charge in [-0.05, 0) is 36.6 Å². The van der Waals surface area contributed by atoms with Gasteiger partial charge < -0.3 is 34.8 Å². The van der Waals surface area contributed by atoms with Crippen LogP contribution in [-0.4, -0.2) is 71.9 Å². The number of aliphatic hydroxyl groups is 4. The van der Waals surface area contributed by atoms with Gasteiger partial charge in [0.2, 0.25) is 5.76 Å². The van der Waals surface area contributed by atoms with Crippen LogP contribution in [0.2, 0.25) is 0 Å². The van der Waals surface area contributed by atoms with Crippen LogP contribution in [0.15, 0.2) is 35.8 Å². The van der Waals surface area contributed by atoms with Gasteiger partial charge in [-0.1, -0.05) is 33.1 Å². The van der Waals surface area contributed by atoms with Gasteiger partial charge in [-0.25, -0.2) is 9.59 Å². The van der Waals surface area contributed by atoms with Crippen LogP contribution in [0, 0.1) is 5.92 Å². The van der Waals surface area contributed by atoms with E-state index in [1.54, 1.807) is 0 Å². The van der Waals surface area contributed by atoms with Crippen LogP contribution in [0.25, 0.3) is 0 Å². The van der Waals surface area contributed by atoms with Crippen LogP contribution in [0.1, 0.15) is 49.9 Å². The van der Waals surface area contributed by atoms with Crippen molar-refractivity contribution in [3.05, 3.63) is 41.3 Å². The zero-order chi connectivity index (χ0) is 24.3. The van der Waals surface area contributed by atoms with E-state index in [-0.39, 0.29) is 5.97 Å². The maximum atomic E-state index is 12.0. The van der Waals surface area contributed by atoms with Gasteiger partial charge in [0.1, 0.15) is 6.10 Å². The molecule has 0 spiro atoms. The first-order valence-electron chi connectivity index (χ1n) is 10.7. The zero-order valence-electron chi connectivity index (χ0n) is 19.2. The van der Waals surface area contributed by atoms with Crippen LogP contribution >= 0.6 is 0 Å². The molecule has 0 bridgehead atoms. The highest BCUT2D eigenvalue weighted by Gasteiger charge is 2.38. The number of unbranched alkanes of at least 4 members (excludes halogenated alkanes) is 1. The summed E-state index contributed by atoms with van der Waals surface area (Å²) in [6, 6.07) is 7.52. The van der Waals surface area contributed by atoms with E-state index in [0.717, 1.165) is 18.5 Å². The van der Waals surface area contributed by atoms with Gasteiger partial charge in [-0.2, -0.15) is 0 Å². The third kappa shape index (κ3) is 8.05. The normalized spacial score (nSPS) is 17.2. The molecule has 1 aromatic rings. The average Bonchev–Trinajstić information content (AvgIpc) is 3.06. The second-order valence-corrected chi connectivity index (χ2v) is 7.77. The summed E-state index contributed by atoms with van der Waals surface area (Å²) >= 11 is 0. The van der Waals surface area contributed by atoms with Gasteiger partial charge in [-0.15, -0.1) is 0 Å². The molecule has 0 saturated heterocycles. The molecular weight excluding hydrogens is 418 g/mol. The standard InChI is InChI=1S/C17H27NO2.C6H8O6/c1-5-7-8-14(6-2)13-20-17(19)15-9-11-16(12-10-15)18(3)4;7-1-2(8)5-3(9)4(10)6(11)12-5/h9-12,14H,5-8,13H2,1-4H3;2,5,7-10H,1H2/t;2-,5+/m.0/s1. The van der Waals surface area contributed by atoms with E-state index in [0.29, 0.717) is 18.1 Å². The Balaban J connectivity index is 0.000000363. The molecule has 0 aromatic heterocycles. The molecule has 1 heterocycles. The summed E-state index contributed by atoms with van der Waals surface area (Å²) in [6.45, 7) is 4.20. The van der Waals surface area contributed by atoms with Crippen molar-refractivity contribution in [2.75, 3.05) is 32.2 Å². The second-order valence-electron chi connectivity index (χ2n) is 7.77. The number of aliphatic hydroxyl groups excluding tert-OH is 4. The lowest BCUT2D eigenvalue weighted by Gasteiger charge is -2.15. The lowest BCUT2D eigenvalue weighted by atomic mass is 10.0. The van der Waals surface area contributed by atoms with E-state index in [1.807, 2.05) is 43.3 Å². The predicted molar refractivity (Wildman–Crippen MR) is 120 cm³/mol. The van der Waals surface area contributed by atoms with E-state index in [2.05, 4.69) is 18.6 Å². The van der Waals surface area contributed by atoms with Crippen LogP contribution in [0.3, 0.4) is 0 Å². The molecule has 2 rings (SSSR count). The molecule has 3 atom stereocenters. The first-order valence-corrected chi connectivity index (χ1v) is 10.7. The van der Waals surface area contributed by atoms with E-state index in [4.69, 9.17) is 25.2 Å². The highest BCUT2D eigenvalue weighted by Crippen LogP contribution is 2.21. The number of carbonyl (C=O) groups is 2. The monoisotopic (exact) mass is 453 g/mol. The Morgan fingerprint density at radius 3 is 2.25 bits per heavy atom. The smallest absolute Gasteiger partial charge is 0.377 e. The first kappa shape index (κ1) is 27.3. The van der Waals surface area contributed by atoms with Gasteiger partial charge in [0.05, 0.1) is 18.8 Å². The molecule has 32 heavy (non-hydrogen) atoms. The number of ether oxygens (including phenoxy) is 2. The minimum Gasteiger partial charge on any atom is -0.505 e. The third-order valence-electron chi connectivity index (χ3n) is 5.09. The fourth-order valence-electron chi connectivity index (χ4n) is 2.89. The van der Waals surface area contributed by atoms with Gasteiger partial charge in [0.15, 0.2) is 11.9 Å². The third-order valence-corrected chi connectivity index (χ3v) is 5.09. The number of esters is 2. The van der Waals surface area contributed by atoms with Gasteiger partial charge in [0, 0.05) is 19.8 Å². The summed E-state index contributed by atoms with van der Waals surface area (Å²) < 4.78 is 9.74. The fraction of sp³-hybridized carbons (Fsp3) is 0.565. The number of benzene rings is 1. The Kier molecular flexibility index (Phi) is 11.6. The summed E-state index contributed by atoms with van der Waals surface area (Å²) in [7, 11) is 3.96. The number of rotatable bonds is 10. The van der Waals surface area contributed by atoms with Crippen molar-refractivity contribution in [1.29, 1.82) is 0 Å². The van der Waals surface area contributed by atoms with Crippen LogP contribution in [-0.2, 0) is 14.3 Å². The van der Waals surface area contributed by atoms with Gasteiger partial charge >= 0.3 is 11.9 Å². The SMILES string of the molecule is CCCCC(CC)COC(=O)c1ccc(N(C)C)cc1.O=C1O[C@H]([C@@H](O)CO)C(O)=C1O. The van der Waals surface area contributed by atoms with Crippen molar-refractivity contribution in [2.45, 2.75) is 51.7 Å². The summed E-state index contributed by atoms with van der Waals surface area (Å²) in [6.07, 6.45) is 1.82. The Morgan fingerprint density at radius 1 is 1.19 bits per heavy atom. The molecule has 0 saturated carbocycles. The van der Waals surface area contributed by atoms with Crippen molar-refractivity contribution >= 4 is 17.6 Å². The largest absolute Gasteiger partial charge is 0.505 e. The van der Waals surface area contributed by atoms with Crippen molar-refractivity contribution in [2.24, 2.45) is 5.92 Å². The van der Waals surface area contributed by atoms with Crippen molar-refractivity contribution in [3.8, 4) is 0 Å². The molecule has 9 nitrogen and oxygen atoms in total. The maximum absolute atomic E-state index is 12.0. The van der Waals surface area contributed by atoms with Gasteiger partial charge in [-0.3, -0.25) is 0 Å². The molecule has 0 amide bonds. The zero-order valence-corrected chi connectivity index (χ0v) is 19.2. The highest BCUT2D eigenvalue weighted by atomic mass is 16.6. The summed E-state index contributed by atoms with van der Waals surface area (Å²) in [5, 5.41) is 35.0. The van der Waals surface area contributed by atoms with E-state index in [1.165, 1.54) is 12.8 Å². The number of carbonyl (C=O) groups excluding carboxylic acids is 2. The Morgan fingerprint density at radius 2 is 1.81 bits per heavy atom. The van der Waals surface area contributed by atoms with Crippen LogP contribution in [0.4, 0.5) is 5.69 Å². The molecular formula is C23H35NO8. The minimum atomic E-state index is -1.42. The Bertz CT molecular complexity index is 760. The number of nitrogens with zero attached hydrogens (tertiary/aromatic N) is 1. The second kappa shape index (κ2) is 13.6. The molecule has 180 valence electrons. The molecule has 0 fully saturated rings. The van der Waals surface area contributed by atoms with E-state index >= 15 is 0 Å². The van der Waals surface area contributed by atoms with Gasteiger partial charge in [0.25, 0.3) is 0 Å². The maximum Gasteiger partial charge on any atom is 0.377 e. The average molecular weight is 454 g/mol. The quantitative estimate of drug-likeness (QED) is 0.394.